The number of nitrogens with zero attached hydrogens (tertiary/aromatic N) is 6. The summed E-state index contributed by atoms with van der Waals surface area (Å²) in [4.78, 5) is 54.1. The highest BCUT2D eigenvalue weighted by Crippen LogP contribution is 2.44. The van der Waals surface area contributed by atoms with Gasteiger partial charge in [0.25, 0.3) is 0 Å². The quantitative estimate of drug-likeness (QED) is 0.181. The predicted molar refractivity (Wildman–Crippen MR) is 143 cm³/mol. The molecule has 15 nitrogen and oxygen atoms in total. The number of ether oxygens (including phenoxy) is 2. The zero-order chi connectivity index (χ0) is 29.1. The minimum atomic E-state index is -4.86. The van der Waals surface area contributed by atoms with E-state index >= 15 is 4.39 Å². The van der Waals surface area contributed by atoms with Gasteiger partial charge in [0, 0.05) is 31.1 Å². The van der Waals surface area contributed by atoms with Crippen LogP contribution in [0, 0.1) is 18.7 Å². The molecule has 5 N–H and O–H groups in total. The third-order valence-electron chi connectivity index (χ3n) is 7.34. The number of aromatic nitrogens is 5. The number of carbonyl (C=O) groups is 1. The monoisotopic (exact) mass is 588 g/mol. The third-order valence-corrected chi connectivity index (χ3v) is 7.78. The van der Waals surface area contributed by atoms with Crippen LogP contribution < -0.4 is 20.3 Å². The van der Waals surface area contributed by atoms with Crippen LogP contribution in [0.25, 0.3) is 21.9 Å². The molecule has 0 unspecified atom stereocenters. The lowest BCUT2D eigenvalue weighted by molar-refractivity contribution is 0.0440. The second kappa shape index (κ2) is 10.2. The van der Waals surface area contributed by atoms with Gasteiger partial charge in [-0.25, -0.2) is 28.2 Å². The molecule has 0 radical (unpaired) electrons. The molecule has 1 aromatic carbocycles. The highest BCUT2D eigenvalue weighted by Gasteiger charge is 2.44. The summed E-state index contributed by atoms with van der Waals surface area (Å²) in [5.74, 6) is 1.07. The molecule has 3 atom stereocenters. The van der Waals surface area contributed by atoms with Crippen LogP contribution in [-0.4, -0.2) is 73.3 Å². The largest absolute Gasteiger partial charge is 0.472 e. The van der Waals surface area contributed by atoms with Crippen LogP contribution in [0.3, 0.4) is 0 Å². The van der Waals surface area contributed by atoms with Crippen molar-refractivity contribution in [3.8, 4) is 11.8 Å². The summed E-state index contributed by atoms with van der Waals surface area (Å²) < 4.78 is 40.8. The Morgan fingerprint density at radius 1 is 1.27 bits per heavy atom. The number of halogens is 1. The SMILES string of the molecule is Cc1ncc(Oc2nc(N3C[C@H]4C[C@@H]3C[C@@H]4N)c3c(n2)[nH]c2c(N(C)C(=O)OCOP(=O)(O)O)cc(F)cc23)cn1. The van der Waals surface area contributed by atoms with Gasteiger partial charge in [0.1, 0.15) is 23.1 Å². The number of benzene rings is 1. The van der Waals surface area contributed by atoms with E-state index in [-0.39, 0.29) is 29.7 Å². The minimum Gasteiger partial charge on any atom is -0.421 e. The van der Waals surface area contributed by atoms with Gasteiger partial charge < -0.3 is 34.9 Å². The average molecular weight is 588 g/mol. The number of aromatic amines is 1. The Kier molecular flexibility index (Phi) is 6.74. The Hall–Kier alpha value is -3.95. The van der Waals surface area contributed by atoms with E-state index in [0.29, 0.717) is 45.9 Å². The third kappa shape index (κ3) is 5.27. The lowest BCUT2D eigenvalue weighted by Crippen LogP contribution is -2.41. The Morgan fingerprint density at radius 3 is 2.68 bits per heavy atom. The van der Waals surface area contributed by atoms with E-state index < -0.39 is 26.5 Å². The topological polar surface area (TPSA) is 202 Å². The number of phosphoric ester groups is 1. The molecule has 2 aliphatic rings. The van der Waals surface area contributed by atoms with Crippen LogP contribution >= 0.6 is 7.82 Å². The number of H-pyrrole nitrogens is 1. The average Bonchev–Trinajstić information content (AvgIpc) is 3.60. The van der Waals surface area contributed by atoms with Crippen LogP contribution in [0.4, 0.5) is 20.7 Å². The van der Waals surface area contributed by atoms with Crippen molar-refractivity contribution in [3.05, 3.63) is 36.2 Å². The number of hydrogen-bond donors (Lipinski definition) is 4. The first-order valence-corrected chi connectivity index (χ1v) is 14.1. The molecule has 4 heterocycles. The van der Waals surface area contributed by atoms with Crippen molar-refractivity contribution in [2.45, 2.75) is 31.8 Å². The number of nitrogens with one attached hydrogen (secondary N) is 1. The summed E-state index contributed by atoms with van der Waals surface area (Å²) in [5.41, 5.74) is 7.06. The highest BCUT2D eigenvalue weighted by molar-refractivity contribution is 7.46. The van der Waals surface area contributed by atoms with Crippen molar-refractivity contribution in [2.24, 2.45) is 11.7 Å². The van der Waals surface area contributed by atoms with Gasteiger partial charge in [-0.3, -0.25) is 4.90 Å². The van der Waals surface area contributed by atoms with Gasteiger partial charge in [0.05, 0.1) is 29.0 Å². The molecule has 1 aliphatic heterocycles. The molecular weight excluding hydrogens is 562 g/mol. The fourth-order valence-corrected chi connectivity index (χ4v) is 5.65. The van der Waals surface area contributed by atoms with Crippen molar-refractivity contribution in [3.63, 3.8) is 0 Å². The molecule has 4 aromatic rings. The molecule has 41 heavy (non-hydrogen) atoms. The summed E-state index contributed by atoms with van der Waals surface area (Å²) in [6.45, 7) is 1.40. The summed E-state index contributed by atoms with van der Waals surface area (Å²) in [6, 6.07) is 2.68. The van der Waals surface area contributed by atoms with Crippen LogP contribution in [-0.2, 0) is 13.8 Å². The Balaban J connectivity index is 1.44. The molecule has 0 spiro atoms. The van der Waals surface area contributed by atoms with Crippen molar-refractivity contribution < 1.29 is 37.5 Å². The normalized spacial score (nSPS) is 20.2. The summed E-state index contributed by atoms with van der Waals surface area (Å²) in [5, 5.41) is 0.939. The van der Waals surface area contributed by atoms with Crippen molar-refractivity contribution >= 4 is 47.4 Å². The first-order valence-electron chi connectivity index (χ1n) is 12.6. The molecular formula is C24H26FN8O7P. The van der Waals surface area contributed by atoms with Gasteiger partial charge in [-0.2, -0.15) is 9.97 Å². The molecule has 216 valence electrons. The number of nitrogens with two attached hydrogens (primary N) is 1. The van der Waals surface area contributed by atoms with Gasteiger partial charge in [-0.1, -0.05) is 0 Å². The van der Waals surface area contributed by atoms with Gasteiger partial charge in [0.2, 0.25) is 6.79 Å². The Bertz CT molecular complexity index is 1700. The van der Waals surface area contributed by atoms with Gasteiger partial charge >= 0.3 is 19.9 Å². The maximum absolute atomic E-state index is 15.0. The number of aryl methyl sites for hydroxylation is 1. The first-order chi connectivity index (χ1) is 19.5. The van der Waals surface area contributed by atoms with E-state index in [1.165, 1.54) is 25.5 Å². The summed E-state index contributed by atoms with van der Waals surface area (Å²) in [7, 11) is -3.54. The van der Waals surface area contributed by atoms with E-state index in [1.807, 2.05) is 0 Å². The number of piperidine rings is 1. The molecule has 2 bridgehead atoms. The molecule has 17 heteroatoms. The maximum Gasteiger partial charge on any atom is 0.472 e. The molecule has 1 amide bonds. The second-order valence-electron chi connectivity index (χ2n) is 10.0. The second-order valence-corrected chi connectivity index (χ2v) is 11.2. The van der Waals surface area contributed by atoms with Crippen molar-refractivity contribution in [1.29, 1.82) is 0 Å². The Morgan fingerprint density at radius 2 is 2.02 bits per heavy atom. The number of carbonyl (C=O) groups excluding carboxylic acids is 1. The van der Waals surface area contributed by atoms with E-state index in [1.54, 1.807) is 6.92 Å². The van der Waals surface area contributed by atoms with Crippen molar-refractivity contribution in [2.75, 3.05) is 30.2 Å². The number of hydrogen-bond acceptors (Lipinski definition) is 11. The standard InChI is InChI=1S/C24H26FN8O7P/c1-11-27-7-15(8-28-11)40-23-30-21-19(22(31-23)33-9-12-3-14(33)6-17(12)26)16-4-13(25)5-18(20(16)29-21)32(2)24(34)38-10-39-41(35,36)37/h4-5,7-8,12,14,17H,3,6,9-10,26H2,1-2H3,(H,29,30,31)(H2,35,36,37)/t12-,14-,17+/m1/s1. The predicted octanol–water partition coefficient (Wildman–Crippen LogP) is 2.71. The molecule has 3 aromatic heterocycles. The zero-order valence-electron chi connectivity index (χ0n) is 21.9. The smallest absolute Gasteiger partial charge is 0.421 e. The first kappa shape index (κ1) is 27.2. The lowest BCUT2D eigenvalue weighted by Gasteiger charge is -2.31. The van der Waals surface area contributed by atoms with Crippen LogP contribution in [0.15, 0.2) is 24.5 Å². The summed E-state index contributed by atoms with van der Waals surface area (Å²) in [6.07, 6.45) is 3.65. The zero-order valence-corrected chi connectivity index (χ0v) is 22.8. The number of phosphoric acid groups is 1. The lowest BCUT2D eigenvalue weighted by atomic mass is 10.0. The molecule has 6 rings (SSSR count). The minimum absolute atomic E-state index is 0.0166. The van der Waals surface area contributed by atoms with Crippen LogP contribution in [0.1, 0.15) is 18.7 Å². The highest BCUT2D eigenvalue weighted by atomic mass is 31.2. The van der Waals surface area contributed by atoms with E-state index in [4.69, 9.17) is 30.0 Å². The van der Waals surface area contributed by atoms with E-state index in [0.717, 1.165) is 23.8 Å². The molecule has 1 saturated carbocycles. The molecule has 1 aliphatic carbocycles. The van der Waals surface area contributed by atoms with Gasteiger partial charge in [-0.05, 0) is 37.8 Å². The van der Waals surface area contributed by atoms with Crippen LogP contribution in [0.2, 0.25) is 0 Å². The molecule has 2 fully saturated rings. The van der Waals surface area contributed by atoms with Crippen LogP contribution in [0.5, 0.6) is 11.8 Å². The Labute approximate surface area is 231 Å². The van der Waals surface area contributed by atoms with Crippen molar-refractivity contribution in [1.82, 2.24) is 24.9 Å². The number of rotatable bonds is 7. The summed E-state index contributed by atoms with van der Waals surface area (Å²) >= 11 is 0. The molecule has 1 saturated heterocycles. The number of fused-ring (bicyclic) bond motifs is 5. The fraction of sp³-hybridized carbons (Fsp3) is 0.375. The van der Waals surface area contributed by atoms with Gasteiger partial charge in [-0.15, -0.1) is 0 Å². The van der Waals surface area contributed by atoms with E-state index in [9.17, 15) is 9.36 Å². The number of amides is 1. The number of anilines is 2. The van der Waals surface area contributed by atoms with Gasteiger partial charge in [0.15, 0.2) is 5.75 Å². The maximum atomic E-state index is 15.0. The fourth-order valence-electron chi connectivity index (χ4n) is 5.46. The van der Waals surface area contributed by atoms with E-state index in [2.05, 4.69) is 29.4 Å².